The Kier molecular flexibility index (Phi) is 6.23. The zero-order valence-electron chi connectivity index (χ0n) is 19.3. The van der Waals surface area contributed by atoms with Crippen LogP contribution in [0.3, 0.4) is 0 Å². The molecule has 0 unspecified atom stereocenters. The van der Waals surface area contributed by atoms with Crippen molar-refractivity contribution in [3.8, 4) is 16.9 Å². The number of pyridine rings is 1. The molecule has 0 saturated carbocycles. The fraction of sp³-hybridized carbons (Fsp3) is 0.0714. The second-order valence-corrected chi connectivity index (χ2v) is 7.95. The van der Waals surface area contributed by atoms with Crippen LogP contribution in [0.4, 0.5) is 10.1 Å². The van der Waals surface area contributed by atoms with Gasteiger partial charge in [0.2, 0.25) is 0 Å². The lowest BCUT2D eigenvalue weighted by atomic mass is 10.1. The van der Waals surface area contributed by atoms with Gasteiger partial charge in [-0.2, -0.15) is 5.10 Å². The lowest BCUT2D eigenvalue weighted by molar-refractivity contribution is 0.0519. The zero-order chi connectivity index (χ0) is 25.1. The Morgan fingerprint density at radius 2 is 1.72 bits per heavy atom. The lowest BCUT2D eigenvalue weighted by Gasteiger charge is -2.10. The molecule has 2 aromatic heterocycles. The van der Waals surface area contributed by atoms with Crippen LogP contribution in [-0.4, -0.2) is 33.2 Å². The van der Waals surface area contributed by atoms with Crippen molar-refractivity contribution in [3.05, 3.63) is 108 Å². The van der Waals surface area contributed by atoms with E-state index in [0.29, 0.717) is 28.3 Å². The number of hydrogen-bond donors (Lipinski definition) is 1. The van der Waals surface area contributed by atoms with Crippen molar-refractivity contribution < 1.29 is 18.7 Å². The van der Waals surface area contributed by atoms with Crippen LogP contribution in [0.5, 0.6) is 0 Å². The van der Waals surface area contributed by atoms with Gasteiger partial charge in [0.05, 0.1) is 23.5 Å². The Labute approximate surface area is 206 Å². The highest BCUT2D eigenvalue weighted by atomic mass is 19.1. The number of amides is 1. The predicted octanol–water partition coefficient (Wildman–Crippen LogP) is 5.66. The molecular formula is C28H21FN4O3. The van der Waals surface area contributed by atoms with E-state index in [1.165, 1.54) is 16.8 Å². The first-order chi connectivity index (χ1) is 17.5. The highest BCUT2D eigenvalue weighted by Crippen LogP contribution is 2.27. The quantitative estimate of drug-likeness (QED) is 0.317. The van der Waals surface area contributed by atoms with Gasteiger partial charge in [0, 0.05) is 16.6 Å². The molecule has 0 aliphatic rings. The summed E-state index contributed by atoms with van der Waals surface area (Å²) in [6.07, 6.45) is 0. The number of benzene rings is 3. The SMILES string of the molecule is CCOC(=O)c1cc(-c2cccc(NC(=O)c3ccc4ccccc4n3)c2)n(-c2ccc(F)cc2)n1. The van der Waals surface area contributed by atoms with Crippen molar-refractivity contribution in [1.82, 2.24) is 14.8 Å². The van der Waals surface area contributed by atoms with Crippen molar-refractivity contribution in [2.45, 2.75) is 6.92 Å². The molecule has 0 radical (unpaired) electrons. The summed E-state index contributed by atoms with van der Waals surface area (Å²) < 4.78 is 20.2. The van der Waals surface area contributed by atoms with E-state index in [4.69, 9.17) is 4.74 Å². The lowest BCUT2D eigenvalue weighted by Crippen LogP contribution is -2.13. The number of carbonyl (C=O) groups excluding carboxylic acids is 2. The molecule has 1 N–H and O–H groups in total. The first-order valence-electron chi connectivity index (χ1n) is 11.3. The van der Waals surface area contributed by atoms with Crippen LogP contribution in [0, 0.1) is 5.82 Å². The maximum atomic E-state index is 13.5. The molecule has 8 heteroatoms. The summed E-state index contributed by atoms with van der Waals surface area (Å²) in [4.78, 5) is 29.7. The molecular weight excluding hydrogens is 459 g/mol. The first kappa shape index (κ1) is 22.9. The first-order valence-corrected chi connectivity index (χ1v) is 11.3. The van der Waals surface area contributed by atoms with Gasteiger partial charge in [-0.1, -0.05) is 36.4 Å². The summed E-state index contributed by atoms with van der Waals surface area (Å²) in [7, 11) is 0. The van der Waals surface area contributed by atoms with Gasteiger partial charge in [-0.25, -0.2) is 18.9 Å². The molecule has 0 aliphatic carbocycles. The summed E-state index contributed by atoms with van der Waals surface area (Å²) >= 11 is 0. The van der Waals surface area contributed by atoms with E-state index in [1.54, 1.807) is 49.4 Å². The average molecular weight is 480 g/mol. The van der Waals surface area contributed by atoms with Crippen LogP contribution in [0.15, 0.2) is 91.0 Å². The van der Waals surface area contributed by atoms with Gasteiger partial charge >= 0.3 is 5.97 Å². The Hall–Kier alpha value is -4.85. The maximum absolute atomic E-state index is 13.5. The number of nitrogens with zero attached hydrogens (tertiary/aromatic N) is 3. The van der Waals surface area contributed by atoms with Crippen molar-refractivity contribution in [2.75, 3.05) is 11.9 Å². The molecule has 5 aromatic rings. The smallest absolute Gasteiger partial charge is 0.358 e. The number of hydrogen-bond acceptors (Lipinski definition) is 5. The van der Waals surface area contributed by atoms with E-state index in [-0.39, 0.29) is 24.0 Å². The van der Waals surface area contributed by atoms with Crippen LogP contribution in [0.1, 0.15) is 27.9 Å². The molecule has 0 atom stereocenters. The standard InChI is InChI=1S/C28H21FN4O3/c1-2-36-28(35)25-17-26(33(32-25)22-13-11-20(29)12-14-22)19-7-5-8-21(16-19)30-27(34)24-15-10-18-6-3-4-9-23(18)31-24/h3-17H,2H2,1H3,(H,30,34). The van der Waals surface area contributed by atoms with Gasteiger partial charge in [-0.15, -0.1) is 0 Å². The summed E-state index contributed by atoms with van der Waals surface area (Å²) in [5.41, 5.74) is 3.50. The Morgan fingerprint density at radius 3 is 2.53 bits per heavy atom. The summed E-state index contributed by atoms with van der Waals surface area (Å²) in [5.74, 6) is -1.30. The van der Waals surface area contributed by atoms with Gasteiger partial charge in [0.25, 0.3) is 5.91 Å². The average Bonchev–Trinajstić information content (AvgIpc) is 3.35. The van der Waals surface area contributed by atoms with Crippen LogP contribution in [-0.2, 0) is 4.74 Å². The third kappa shape index (κ3) is 4.69. The van der Waals surface area contributed by atoms with Gasteiger partial charge < -0.3 is 10.1 Å². The molecule has 0 spiro atoms. The number of ether oxygens (including phenoxy) is 1. The van der Waals surface area contributed by atoms with Gasteiger partial charge in [0.1, 0.15) is 11.5 Å². The highest BCUT2D eigenvalue weighted by molar-refractivity contribution is 6.04. The fourth-order valence-corrected chi connectivity index (χ4v) is 3.81. The maximum Gasteiger partial charge on any atom is 0.358 e. The number of anilines is 1. The Balaban J connectivity index is 1.48. The van der Waals surface area contributed by atoms with Crippen molar-refractivity contribution in [1.29, 1.82) is 0 Å². The normalized spacial score (nSPS) is 10.8. The minimum absolute atomic E-state index is 0.117. The molecule has 0 aliphatic heterocycles. The third-order valence-corrected chi connectivity index (χ3v) is 5.51. The number of carbonyl (C=O) groups is 2. The number of fused-ring (bicyclic) bond motifs is 1. The Bertz CT molecular complexity index is 1580. The summed E-state index contributed by atoms with van der Waals surface area (Å²) in [5, 5.41) is 8.22. The highest BCUT2D eigenvalue weighted by Gasteiger charge is 2.18. The van der Waals surface area contributed by atoms with Crippen LogP contribution >= 0.6 is 0 Å². The summed E-state index contributed by atoms with van der Waals surface area (Å²) in [6, 6.07) is 25.6. The van der Waals surface area contributed by atoms with Gasteiger partial charge in [-0.05, 0) is 61.5 Å². The minimum atomic E-state index is -0.563. The van der Waals surface area contributed by atoms with Gasteiger partial charge in [0.15, 0.2) is 5.69 Å². The van der Waals surface area contributed by atoms with Crippen LogP contribution < -0.4 is 5.32 Å². The van der Waals surface area contributed by atoms with Crippen LogP contribution in [0.2, 0.25) is 0 Å². The number of aromatic nitrogens is 3. The van der Waals surface area contributed by atoms with Gasteiger partial charge in [-0.3, -0.25) is 4.79 Å². The molecule has 36 heavy (non-hydrogen) atoms. The zero-order valence-corrected chi connectivity index (χ0v) is 19.3. The Morgan fingerprint density at radius 1 is 0.917 bits per heavy atom. The second kappa shape index (κ2) is 9.79. The molecule has 3 aromatic carbocycles. The molecule has 0 saturated heterocycles. The molecule has 5 rings (SSSR count). The number of nitrogens with one attached hydrogen (secondary N) is 1. The predicted molar refractivity (Wildman–Crippen MR) is 135 cm³/mol. The minimum Gasteiger partial charge on any atom is -0.461 e. The van der Waals surface area contributed by atoms with Crippen molar-refractivity contribution in [3.63, 3.8) is 0 Å². The third-order valence-electron chi connectivity index (χ3n) is 5.51. The van der Waals surface area contributed by atoms with Crippen molar-refractivity contribution in [2.24, 2.45) is 0 Å². The van der Waals surface area contributed by atoms with E-state index in [1.807, 2.05) is 36.4 Å². The van der Waals surface area contributed by atoms with E-state index in [0.717, 1.165) is 10.9 Å². The van der Waals surface area contributed by atoms with E-state index >= 15 is 0 Å². The number of para-hydroxylation sites is 1. The van der Waals surface area contributed by atoms with Crippen molar-refractivity contribution >= 4 is 28.5 Å². The topological polar surface area (TPSA) is 86.1 Å². The molecule has 7 nitrogen and oxygen atoms in total. The molecule has 1 amide bonds. The van der Waals surface area contributed by atoms with Crippen LogP contribution in [0.25, 0.3) is 27.8 Å². The number of halogens is 1. The van der Waals surface area contributed by atoms with E-state index < -0.39 is 5.97 Å². The van der Waals surface area contributed by atoms with E-state index in [9.17, 15) is 14.0 Å². The fourth-order valence-electron chi connectivity index (χ4n) is 3.81. The number of rotatable bonds is 6. The van der Waals surface area contributed by atoms with E-state index in [2.05, 4.69) is 15.4 Å². The monoisotopic (exact) mass is 480 g/mol. The molecule has 2 heterocycles. The number of esters is 1. The summed E-state index contributed by atoms with van der Waals surface area (Å²) in [6.45, 7) is 1.92. The molecule has 0 fully saturated rings. The molecule has 178 valence electrons. The second-order valence-electron chi connectivity index (χ2n) is 7.95. The largest absolute Gasteiger partial charge is 0.461 e. The molecule has 0 bridgehead atoms.